The summed E-state index contributed by atoms with van der Waals surface area (Å²) in [4.78, 5) is 15.4. The van der Waals surface area contributed by atoms with Crippen molar-refractivity contribution in [1.29, 1.82) is 0 Å². The fraction of sp³-hybridized carbons (Fsp3) is 0.776. The number of aliphatic hydroxyl groups is 6. The molecule has 12 nitrogen and oxygen atoms in total. The van der Waals surface area contributed by atoms with Crippen LogP contribution < -0.4 is 5.32 Å². The van der Waals surface area contributed by atoms with E-state index in [-0.39, 0.29) is 67.2 Å². The Morgan fingerprint density at radius 1 is 0.951 bits per heavy atom. The standard InChI is InChI=1S/C49H69NO11/c1-6-50-25-27-21-42(3)11-10-32(27)49(41(56)26(42)2)46(57,14-16-52)40-35(61-49)23-47(58)36-20-34(55)39-38-31-18-29(53)19-33(54)30(31)9-8-28-22-45(36,13-12-43(40,47)4)44(39,5)24-37(48(28,38)59)60-17-7-15-51/h18-21,26,28,32,35,37-41,50-54,56-59H,6-17,22-25H2,1-5H3/t26-,28-,32+,35+,37+,38?,39+,40-,41+,42+,43-,44+,45-,46-,47+,48-,49+/m1/s1. The van der Waals surface area contributed by atoms with Gasteiger partial charge in [0.1, 0.15) is 28.3 Å². The number of aromatic hydroxyl groups is 2. The van der Waals surface area contributed by atoms with Crippen LogP contribution in [-0.4, -0.2) is 120 Å². The Morgan fingerprint density at radius 2 is 1.72 bits per heavy atom. The summed E-state index contributed by atoms with van der Waals surface area (Å²) in [7, 11) is 0. The van der Waals surface area contributed by atoms with Crippen molar-refractivity contribution in [2.45, 2.75) is 152 Å². The number of carbonyl (C=O) groups is 1. The van der Waals surface area contributed by atoms with Gasteiger partial charge in [-0.3, -0.25) is 4.79 Å². The first-order valence-corrected chi connectivity index (χ1v) is 23.4. The Kier molecular flexibility index (Phi) is 9.47. The summed E-state index contributed by atoms with van der Waals surface area (Å²) in [6.45, 7) is 11.6. The van der Waals surface area contributed by atoms with Crippen LogP contribution in [-0.2, 0) is 20.7 Å². The van der Waals surface area contributed by atoms with Gasteiger partial charge in [-0.05, 0) is 116 Å². The van der Waals surface area contributed by atoms with Crippen LogP contribution in [0.15, 0.2) is 35.4 Å². The highest BCUT2D eigenvalue weighted by molar-refractivity contribution is 5.96. The number of carbonyl (C=O) groups excluding carboxylic acids is 1. The van der Waals surface area contributed by atoms with Gasteiger partial charge in [0.15, 0.2) is 5.78 Å². The molecule has 0 radical (unpaired) electrons. The summed E-state index contributed by atoms with van der Waals surface area (Å²) in [6, 6.07) is 2.92. The SMILES string of the molecule is CCNCC1=C[C@]2(C)CC[C@@H]1[C@]1(O[C@H]3C[C@]4(O)C5=CC(=O)[C@H]6C7c8cc(O)cc(O)c8CC[C@@H]8C[C@@]5(CC[C@]4(C)[C@@H]3[C@]1(O)CCO)[C@@]6(C)C[C@H](OCCCO)[C@@]78O)[C@@H](O)[C@H]2C. The number of hydrogen-bond acceptors (Lipinski definition) is 12. The fourth-order valence-electron chi connectivity index (χ4n) is 17.2. The van der Waals surface area contributed by atoms with Gasteiger partial charge in [0.2, 0.25) is 0 Å². The zero-order valence-corrected chi connectivity index (χ0v) is 36.6. The summed E-state index contributed by atoms with van der Waals surface area (Å²) in [5.74, 6) is -3.73. The number of likely N-dealkylation sites (N-methyl/N-ethyl adjacent to an activating group) is 1. The van der Waals surface area contributed by atoms with Crippen molar-refractivity contribution in [3.8, 4) is 11.5 Å². The minimum Gasteiger partial charge on any atom is -0.508 e. The van der Waals surface area contributed by atoms with Crippen LogP contribution in [0.2, 0.25) is 0 Å². The monoisotopic (exact) mass is 847 g/mol. The van der Waals surface area contributed by atoms with Crippen molar-refractivity contribution in [2.24, 2.45) is 51.2 Å². The van der Waals surface area contributed by atoms with E-state index < -0.39 is 80.6 Å². The molecule has 61 heavy (non-hydrogen) atoms. The van der Waals surface area contributed by atoms with E-state index in [1.54, 1.807) is 12.1 Å². The highest BCUT2D eigenvalue weighted by Gasteiger charge is 2.85. The maximum absolute atomic E-state index is 15.4. The molecule has 0 amide bonds. The second-order valence-corrected chi connectivity index (χ2v) is 22.1. The quantitative estimate of drug-likeness (QED) is 0.128. The number of aliphatic hydroxyl groups excluding tert-OH is 3. The first-order chi connectivity index (χ1) is 28.8. The van der Waals surface area contributed by atoms with E-state index in [9.17, 15) is 40.9 Å². The van der Waals surface area contributed by atoms with Crippen molar-refractivity contribution in [1.82, 2.24) is 5.32 Å². The van der Waals surface area contributed by atoms with Gasteiger partial charge in [-0.25, -0.2) is 0 Å². The zero-order chi connectivity index (χ0) is 43.5. The molecule has 11 aliphatic rings. The molecule has 1 aromatic carbocycles. The minimum absolute atomic E-state index is 0.0447. The van der Waals surface area contributed by atoms with Crippen LogP contribution in [0.5, 0.6) is 11.5 Å². The van der Waals surface area contributed by atoms with Gasteiger partial charge in [-0.2, -0.15) is 0 Å². The summed E-state index contributed by atoms with van der Waals surface area (Å²) in [5, 5.41) is 100. The van der Waals surface area contributed by atoms with E-state index in [1.165, 1.54) is 6.07 Å². The van der Waals surface area contributed by atoms with Gasteiger partial charge in [0.25, 0.3) is 0 Å². The number of allylic oxidation sites excluding steroid dienone is 2. The van der Waals surface area contributed by atoms with E-state index in [2.05, 4.69) is 32.2 Å². The van der Waals surface area contributed by atoms with Crippen LogP contribution in [0.3, 0.4) is 0 Å². The summed E-state index contributed by atoms with van der Waals surface area (Å²) >= 11 is 0. The molecule has 8 bridgehead atoms. The van der Waals surface area contributed by atoms with E-state index in [1.807, 2.05) is 13.8 Å². The Morgan fingerprint density at radius 3 is 2.44 bits per heavy atom. The van der Waals surface area contributed by atoms with Crippen LogP contribution in [0.1, 0.15) is 116 Å². The Balaban J connectivity index is 1.13. The predicted molar refractivity (Wildman–Crippen MR) is 224 cm³/mol. The lowest BCUT2D eigenvalue weighted by Crippen LogP contribution is -2.71. The smallest absolute Gasteiger partial charge is 0.160 e. The molecule has 2 spiro atoms. The molecule has 9 N–H and O–H groups in total. The summed E-state index contributed by atoms with van der Waals surface area (Å²) in [5.41, 5.74) is -6.48. The molecule has 1 aromatic rings. The van der Waals surface area contributed by atoms with E-state index in [4.69, 9.17) is 9.47 Å². The maximum Gasteiger partial charge on any atom is 0.160 e. The van der Waals surface area contributed by atoms with Gasteiger partial charge >= 0.3 is 0 Å². The number of nitrogens with one attached hydrogen (secondary N) is 1. The lowest BCUT2D eigenvalue weighted by Gasteiger charge is -2.67. The lowest BCUT2D eigenvalue weighted by molar-refractivity contribution is -0.248. The first kappa shape index (κ1) is 42.6. The van der Waals surface area contributed by atoms with Crippen LogP contribution >= 0.6 is 0 Å². The topological polar surface area (TPSA) is 209 Å². The molecule has 10 aliphatic carbocycles. The minimum atomic E-state index is -1.74. The fourth-order valence-corrected chi connectivity index (χ4v) is 17.2. The Hall–Kier alpha value is -2.39. The molecule has 1 heterocycles. The highest BCUT2D eigenvalue weighted by atomic mass is 16.6. The maximum atomic E-state index is 15.4. The molecule has 12 rings (SSSR count). The second-order valence-electron chi connectivity index (χ2n) is 22.1. The summed E-state index contributed by atoms with van der Waals surface area (Å²) in [6.07, 6.45) is 6.13. The van der Waals surface area contributed by atoms with Gasteiger partial charge < -0.3 is 55.6 Å². The van der Waals surface area contributed by atoms with Gasteiger partial charge in [0, 0.05) is 79.8 Å². The lowest BCUT2D eigenvalue weighted by atomic mass is 9.38. The molecule has 7 fully saturated rings. The molecule has 0 aromatic heterocycles. The number of fused-ring (bicyclic) bond motifs is 8. The van der Waals surface area contributed by atoms with Gasteiger partial charge in [0.05, 0.1) is 23.9 Å². The molecule has 1 aliphatic heterocycles. The van der Waals surface area contributed by atoms with Gasteiger partial charge in [-0.15, -0.1) is 0 Å². The molecular formula is C49H69NO11. The average molecular weight is 848 g/mol. The number of rotatable bonds is 9. The van der Waals surface area contributed by atoms with Crippen LogP contribution in [0.25, 0.3) is 0 Å². The summed E-state index contributed by atoms with van der Waals surface area (Å²) < 4.78 is 14.0. The molecule has 17 atom stereocenters. The Bertz CT molecular complexity index is 2070. The predicted octanol–water partition coefficient (Wildman–Crippen LogP) is 3.93. The van der Waals surface area contributed by atoms with Crippen molar-refractivity contribution in [3.05, 3.63) is 46.6 Å². The third-order valence-electron chi connectivity index (χ3n) is 20.1. The normalized spacial score (nSPS) is 51.2. The third-order valence-corrected chi connectivity index (χ3v) is 20.1. The van der Waals surface area contributed by atoms with Crippen molar-refractivity contribution in [3.63, 3.8) is 0 Å². The van der Waals surface area contributed by atoms with Crippen molar-refractivity contribution in [2.75, 3.05) is 32.9 Å². The molecule has 1 saturated heterocycles. The number of ketones is 1. The average Bonchev–Trinajstić information content (AvgIpc) is 3.43. The zero-order valence-electron chi connectivity index (χ0n) is 36.6. The third kappa shape index (κ3) is 4.90. The molecule has 336 valence electrons. The Labute approximate surface area is 359 Å². The van der Waals surface area contributed by atoms with Crippen LogP contribution in [0.4, 0.5) is 0 Å². The van der Waals surface area contributed by atoms with E-state index >= 15 is 4.79 Å². The molecule has 12 heteroatoms. The van der Waals surface area contributed by atoms with Crippen molar-refractivity contribution >= 4 is 5.78 Å². The highest BCUT2D eigenvalue weighted by Crippen LogP contribution is 2.81. The largest absolute Gasteiger partial charge is 0.508 e. The van der Waals surface area contributed by atoms with Crippen LogP contribution in [0, 0.1) is 51.2 Å². The van der Waals surface area contributed by atoms with E-state index in [0.717, 1.165) is 18.5 Å². The molecule has 1 unspecified atom stereocenters. The number of phenols is 2. The van der Waals surface area contributed by atoms with Gasteiger partial charge in [-0.1, -0.05) is 46.3 Å². The molecular weight excluding hydrogens is 779 g/mol. The van der Waals surface area contributed by atoms with Crippen molar-refractivity contribution < 1.29 is 55.1 Å². The molecule has 6 saturated carbocycles. The number of benzene rings is 1. The number of ether oxygens (including phenoxy) is 2. The first-order valence-electron chi connectivity index (χ1n) is 23.4. The van der Waals surface area contributed by atoms with E-state index in [0.29, 0.717) is 74.6 Å². The number of hydrogen-bond donors (Lipinski definition) is 9. The number of phenolic OH excluding ortho intramolecular Hbond substituents is 2. The second kappa shape index (κ2) is 13.6.